The second-order valence-electron chi connectivity index (χ2n) is 11.8. The monoisotopic (exact) mass is 601 g/mol. The maximum atomic E-state index is 14.0. The first-order valence-corrected chi connectivity index (χ1v) is 16.1. The van der Waals surface area contributed by atoms with E-state index in [1.165, 1.54) is 12.1 Å². The van der Waals surface area contributed by atoms with Crippen molar-refractivity contribution in [3.8, 4) is 0 Å². The number of aromatic nitrogens is 3. The third-order valence-electron chi connectivity index (χ3n) is 8.41. The number of carbonyl (C=O) groups excluding carboxylic acids is 1. The largest absolute Gasteiger partial charge is 0.389 e. The lowest BCUT2D eigenvalue weighted by atomic mass is 9.78. The van der Waals surface area contributed by atoms with Crippen LogP contribution in [0.2, 0.25) is 5.02 Å². The van der Waals surface area contributed by atoms with Crippen LogP contribution in [0.1, 0.15) is 41.4 Å². The summed E-state index contributed by atoms with van der Waals surface area (Å²) in [4.78, 5) is 24.9. The van der Waals surface area contributed by atoms with E-state index in [4.69, 9.17) is 26.4 Å². The fourth-order valence-electron chi connectivity index (χ4n) is 6.27. The summed E-state index contributed by atoms with van der Waals surface area (Å²) in [6.45, 7) is 4.88. The number of anilines is 3. The molecule has 1 aromatic carbocycles. The van der Waals surface area contributed by atoms with Crippen LogP contribution < -0.4 is 14.5 Å². The van der Waals surface area contributed by atoms with Gasteiger partial charge in [-0.1, -0.05) is 11.6 Å². The molecule has 41 heavy (non-hydrogen) atoms. The van der Waals surface area contributed by atoms with Crippen molar-refractivity contribution >= 4 is 50.5 Å². The van der Waals surface area contributed by atoms with Crippen molar-refractivity contribution in [1.29, 1.82) is 0 Å². The predicted molar refractivity (Wildman–Crippen MR) is 154 cm³/mol. The van der Waals surface area contributed by atoms with Gasteiger partial charge in [0, 0.05) is 49.9 Å². The van der Waals surface area contributed by atoms with Crippen LogP contribution >= 0.6 is 11.6 Å². The van der Waals surface area contributed by atoms with E-state index in [2.05, 4.69) is 14.5 Å². The number of piperidine rings is 1. The Morgan fingerprint density at radius 2 is 1.93 bits per heavy atom. The van der Waals surface area contributed by atoms with Crippen LogP contribution in [-0.4, -0.2) is 97.2 Å². The van der Waals surface area contributed by atoms with Gasteiger partial charge < -0.3 is 24.5 Å². The molecule has 7 rings (SSSR count). The van der Waals surface area contributed by atoms with Gasteiger partial charge in [0.2, 0.25) is 10.0 Å². The highest BCUT2D eigenvalue weighted by molar-refractivity contribution is 7.92. The molecule has 1 atom stereocenters. The molecule has 12 nitrogen and oxygen atoms in total. The maximum absolute atomic E-state index is 14.0. The van der Waals surface area contributed by atoms with E-state index in [9.17, 15) is 18.3 Å². The Morgan fingerprint density at radius 1 is 1.15 bits per heavy atom. The molecule has 6 heterocycles. The number of carbonyl (C=O) groups is 1. The SMILES string of the molecule is CS(=O)(=O)Nc1ccc(Cl)cc1C(=O)N1CCCC[C@H]1c1cc2nc(N3CC(O)C3)cc(N3CC4(COC4)C3)n2n1. The Hall–Kier alpha value is -3.13. The van der Waals surface area contributed by atoms with Gasteiger partial charge in [0.05, 0.1) is 54.0 Å². The lowest BCUT2D eigenvalue weighted by molar-refractivity contribution is -0.127. The first-order chi connectivity index (χ1) is 19.6. The number of sulfonamides is 1. The minimum absolute atomic E-state index is 0.193. The Kier molecular flexibility index (Phi) is 6.34. The standard InChI is InChI=1S/C27H32ClN7O5S/c1-41(38,39)31-20-6-5-17(28)8-19(20)26(37)34-7-3-2-4-22(34)21-9-24-29-23(32-11-18(36)12-32)10-25(35(24)30-21)33-13-27(14-33)15-40-16-27/h5-6,8-10,18,22,31,36H,2-4,7,11-16H2,1H3/t22-/m0/s1. The van der Waals surface area contributed by atoms with Crippen molar-refractivity contribution in [2.45, 2.75) is 31.4 Å². The molecular weight excluding hydrogens is 570 g/mol. The molecule has 14 heteroatoms. The Labute approximate surface area is 242 Å². The first kappa shape index (κ1) is 26.7. The fraction of sp³-hybridized carbons (Fsp3) is 0.519. The molecule has 4 aliphatic heterocycles. The lowest BCUT2D eigenvalue weighted by Gasteiger charge is -2.55. The molecule has 218 valence electrons. The molecule has 0 aliphatic carbocycles. The van der Waals surface area contributed by atoms with Crippen LogP contribution in [0.4, 0.5) is 17.3 Å². The van der Waals surface area contributed by atoms with Crippen LogP contribution in [-0.2, 0) is 14.8 Å². The molecule has 1 spiro atoms. The van der Waals surface area contributed by atoms with Gasteiger partial charge in [0.1, 0.15) is 11.6 Å². The Morgan fingerprint density at radius 3 is 2.61 bits per heavy atom. The van der Waals surface area contributed by atoms with Gasteiger partial charge in [-0.3, -0.25) is 9.52 Å². The van der Waals surface area contributed by atoms with Crippen LogP contribution in [0.3, 0.4) is 0 Å². The van der Waals surface area contributed by atoms with Gasteiger partial charge in [0.15, 0.2) is 5.65 Å². The maximum Gasteiger partial charge on any atom is 0.256 e. The van der Waals surface area contributed by atoms with E-state index >= 15 is 0 Å². The zero-order valence-corrected chi connectivity index (χ0v) is 24.2. The van der Waals surface area contributed by atoms with Crippen LogP contribution in [0.5, 0.6) is 0 Å². The zero-order chi connectivity index (χ0) is 28.5. The number of rotatable bonds is 6. The number of ether oxygens (including phenoxy) is 1. The number of nitrogens with one attached hydrogen (secondary N) is 1. The molecular formula is C27H32ClN7O5S. The van der Waals surface area contributed by atoms with Gasteiger partial charge in [-0.05, 0) is 37.5 Å². The van der Waals surface area contributed by atoms with Gasteiger partial charge in [-0.2, -0.15) is 9.61 Å². The minimum atomic E-state index is -3.61. The summed E-state index contributed by atoms with van der Waals surface area (Å²) in [7, 11) is -3.61. The highest BCUT2D eigenvalue weighted by Gasteiger charge is 2.50. The summed E-state index contributed by atoms with van der Waals surface area (Å²) < 4.78 is 33.8. The number of hydrogen-bond acceptors (Lipinski definition) is 9. The Bertz CT molecular complexity index is 1630. The van der Waals surface area contributed by atoms with Crippen LogP contribution in [0.15, 0.2) is 30.3 Å². The van der Waals surface area contributed by atoms with Gasteiger partial charge >= 0.3 is 0 Å². The highest BCUT2D eigenvalue weighted by Crippen LogP contribution is 2.42. The van der Waals surface area contributed by atoms with E-state index in [0.29, 0.717) is 30.3 Å². The Balaban J connectivity index is 1.24. The number of β-amino-alcohol motifs (C(OH)–C–C–N with tert-alkyl or cyclic N) is 1. The fourth-order valence-corrected chi connectivity index (χ4v) is 7.02. The minimum Gasteiger partial charge on any atom is -0.389 e. The molecule has 3 aromatic rings. The number of benzene rings is 1. The van der Waals surface area contributed by atoms with E-state index < -0.39 is 10.0 Å². The molecule has 4 saturated heterocycles. The summed E-state index contributed by atoms with van der Waals surface area (Å²) in [5, 5.41) is 15.2. The van der Waals surface area contributed by atoms with E-state index in [1.54, 1.807) is 11.0 Å². The van der Waals surface area contributed by atoms with Gasteiger partial charge in [-0.25, -0.2) is 13.4 Å². The van der Waals surface area contributed by atoms with Crippen molar-refractivity contribution < 1.29 is 23.1 Å². The second-order valence-corrected chi connectivity index (χ2v) is 14.0. The summed E-state index contributed by atoms with van der Waals surface area (Å²) in [5.41, 5.74) is 2.01. The molecule has 2 N–H and O–H groups in total. The van der Waals surface area contributed by atoms with Crippen LogP contribution in [0.25, 0.3) is 5.65 Å². The molecule has 0 unspecified atom stereocenters. The van der Waals surface area contributed by atoms with E-state index in [0.717, 1.165) is 69.2 Å². The van der Waals surface area contributed by atoms with Crippen molar-refractivity contribution in [2.75, 3.05) is 66.7 Å². The summed E-state index contributed by atoms with van der Waals surface area (Å²) >= 11 is 6.24. The van der Waals surface area contributed by atoms with E-state index in [1.807, 2.05) is 16.6 Å². The number of nitrogens with zero attached hydrogens (tertiary/aromatic N) is 6. The van der Waals surface area contributed by atoms with Gasteiger partial charge in [0.25, 0.3) is 5.91 Å². The molecule has 0 saturated carbocycles. The number of aliphatic hydroxyl groups excluding tert-OH is 1. The number of hydrogen-bond donors (Lipinski definition) is 2. The smallest absolute Gasteiger partial charge is 0.256 e. The third kappa shape index (κ3) is 4.88. The molecule has 4 aliphatic rings. The van der Waals surface area contributed by atoms with Crippen molar-refractivity contribution in [2.24, 2.45) is 5.41 Å². The summed E-state index contributed by atoms with van der Waals surface area (Å²) in [5.74, 6) is 1.42. The molecule has 0 radical (unpaired) electrons. The normalized spacial score (nSPS) is 22.4. The van der Waals surface area contributed by atoms with Gasteiger partial charge in [-0.15, -0.1) is 0 Å². The number of halogens is 1. The molecule has 1 amide bonds. The van der Waals surface area contributed by atoms with Crippen molar-refractivity contribution in [1.82, 2.24) is 19.5 Å². The van der Waals surface area contributed by atoms with Crippen molar-refractivity contribution in [3.05, 3.63) is 46.6 Å². The third-order valence-corrected chi connectivity index (χ3v) is 9.23. The predicted octanol–water partition coefficient (Wildman–Crippen LogP) is 2.14. The average molecular weight is 602 g/mol. The van der Waals surface area contributed by atoms with Crippen LogP contribution in [0, 0.1) is 5.41 Å². The lowest BCUT2D eigenvalue weighted by Crippen LogP contribution is -2.66. The summed E-state index contributed by atoms with van der Waals surface area (Å²) in [6, 6.07) is 8.23. The number of likely N-dealkylation sites (tertiary alicyclic amines) is 1. The topological polar surface area (TPSA) is 133 Å². The molecule has 4 fully saturated rings. The quantitative estimate of drug-likeness (QED) is 0.436. The second kappa shape index (κ2) is 9.72. The number of amides is 1. The summed E-state index contributed by atoms with van der Waals surface area (Å²) in [6.07, 6.45) is 3.17. The number of aliphatic hydroxyl groups is 1. The zero-order valence-electron chi connectivity index (χ0n) is 22.7. The first-order valence-electron chi connectivity index (χ1n) is 13.8. The molecule has 0 bridgehead atoms. The highest BCUT2D eigenvalue weighted by atomic mass is 35.5. The molecule has 2 aromatic heterocycles. The number of fused-ring (bicyclic) bond motifs is 1. The van der Waals surface area contributed by atoms with Crippen molar-refractivity contribution in [3.63, 3.8) is 0 Å². The average Bonchev–Trinajstić information content (AvgIpc) is 3.29. The van der Waals surface area contributed by atoms with E-state index in [-0.39, 0.29) is 34.7 Å².